The molecule has 0 aliphatic carbocycles. The van der Waals surface area contributed by atoms with Crippen molar-refractivity contribution in [3.8, 4) is 11.5 Å². The third-order valence-electron chi connectivity index (χ3n) is 3.70. The maximum absolute atomic E-state index is 5.80. The number of hydrogen-bond donors (Lipinski definition) is 1. The molecule has 1 N–H and O–H groups in total. The van der Waals surface area contributed by atoms with E-state index in [0.29, 0.717) is 19.1 Å². The largest absolute Gasteiger partial charge is 0.486 e. The van der Waals surface area contributed by atoms with Crippen LogP contribution in [0, 0.1) is 0 Å². The minimum absolute atomic E-state index is 0.640. The highest BCUT2D eigenvalue weighted by Crippen LogP contribution is 2.39. The molecule has 1 fully saturated rings. The van der Waals surface area contributed by atoms with Gasteiger partial charge < -0.3 is 14.8 Å². The summed E-state index contributed by atoms with van der Waals surface area (Å²) in [5, 5.41) is 3.43. The molecule has 1 atom stereocenters. The molecule has 3 rings (SSSR count). The second-order valence-corrected chi connectivity index (χ2v) is 4.70. The first-order chi connectivity index (χ1) is 8.40. The minimum Gasteiger partial charge on any atom is -0.486 e. The number of benzene rings is 1. The summed E-state index contributed by atoms with van der Waals surface area (Å²) in [4.78, 5) is 0. The van der Waals surface area contributed by atoms with Crippen LogP contribution in [-0.4, -0.2) is 26.3 Å². The van der Waals surface area contributed by atoms with Gasteiger partial charge in [-0.15, -0.1) is 0 Å². The lowest BCUT2D eigenvalue weighted by atomic mass is 9.91. The summed E-state index contributed by atoms with van der Waals surface area (Å²) >= 11 is 0. The van der Waals surface area contributed by atoms with E-state index in [2.05, 4.69) is 24.4 Å². The predicted octanol–water partition coefficient (Wildman–Crippen LogP) is 2.10. The molecular weight excluding hydrogens is 214 g/mol. The van der Waals surface area contributed by atoms with Crippen LogP contribution in [0.2, 0.25) is 0 Å². The fourth-order valence-electron chi connectivity index (χ4n) is 2.86. The van der Waals surface area contributed by atoms with E-state index in [1.54, 1.807) is 0 Å². The molecular formula is C14H19NO2. The number of rotatable bonds is 2. The van der Waals surface area contributed by atoms with Crippen LogP contribution in [0.3, 0.4) is 0 Å². The summed E-state index contributed by atoms with van der Waals surface area (Å²) in [5.41, 5.74) is 2.79. The SMILES string of the molecule is CCc1c(C2CCNC2)ccc2c1OCCO2. The average Bonchev–Trinajstić information content (AvgIpc) is 2.91. The van der Waals surface area contributed by atoms with E-state index in [0.717, 1.165) is 31.0 Å². The zero-order valence-electron chi connectivity index (χ0n) is 10.3. The molecule has 1 unspecified atom stereocenters. The molecule has 0 bridgehead atoms. The molecule has 2 aliphatic heterocycles. The summed E-state index contributed by atoms with van der Waals surface area (Å²) < 4.78 is 11.4. The first-order valence-electron chi connectivity index (χ1n) is 6.52. The highest BCUT2D eigenvalue weighted by Gasteiger charge is 2.24. The predicted molar refractivity (Wildman–Crippen MR) is 67.0 cm³/mol. The van der Waals surface area contributed by atoms with Crippen LogP contribution in [0.1, 0.15) is 30.4 Å². The van der Waals surface area contributed by atoms with E-state index in [1.807, 2.05) is 0 Å². The third kappa shape index (κ3) is 1.89. The van der Waals surface area contributed by atoms with Crippen molar-refractivity contribution in [2.75, 3.05) is 26.3 Å². The monoisotopic (exact) mass is 233 g/mol. The quantitative estimate of drug-likeness (QED) is 0.848. The molecule has 1 aromatic carbocycles. The van der Waals surface area contributed by atoms with E-state index >= 15 is 0 Å². The molecule has 3 nitrogen and oxygen atoms in total. The molecule has 0 spiro atoms. The molecule has 1 saturated heterocycles. The fraction of sp³-hybridized carbons (Fsp3) is 0.571. The summed E-state index contributed by atoms with van der Waals surface area (Å²) in [5.74, 6) is 2.55. The second kappa shape index (κ2) is 4.57. The Balaban J connectivity index is 2.03. The van der Waals surface area contributed by atoms with Gasteiger partial charge in [-0.25, -0.2) is 0 Å². The first-order valence-corrected chi connectivity index (χ1v) is 6.52. The van der Waals surface area contributed by atoms with E-state index in [9.17, 15) is 0 Å². The highest BCUT2D eigenvalue weighted by molar-refractivity contribution is 5.52. The van der Waals surface area contributed by atoms with E-state index < -0.39 is 0 Å². The second-order valence-electron chi connectivity index (χ2n) is 4.70. The maximum Gasteiger partial charge on any atom is 0.164 e. The maximum atomic E-state index is 5.80. The average molecular weight is 233 g/mol. The Morgan fingerprint density at radius 2 is 2.18 bits per heavy atom. The molecule has 0 aromatic heterocycles. The van der Waals surface area contributed by atoms with Gasteiger partial charge in [-0.1, -0.05) is 13.0 Å². The van der Waals surface area contributed by atoms with Gasteiger partial charge in [-0.2, -0.15) is 0 Å². The van der Waals surface area contributed by atoms with Crippen molar-refractivity contribution in [3.05, 3.63) is 23.3 Å². The molecule has 0 amide bonds. The van der Waals surface area contributed by atoms with Gasteiger partial charge in [0.25, 0.3) is 0 Å². The summed E-state index contributed by atoms with van der Waals surface area (Å²) in [6.07, 6.45) is 2.24. The Morgan fingerprint density at radius 3 is 2.94 bits per heavy atom. The van der Waals surface area contributed by atoms with Crippen LogP contribution in [-0.2, 0) is 6.42 Å². The zero-order valence-corrected chi connectivity index (χ0v) is 10.3. The molecule has 92 valence electrons. The van der Waals surface area contributed by atoms with Crippen molar-refractivity contribution in [1.82, 2.24) is 5.32 Å². The van der Waals surface area contributed by atoms with Gasteiger partial charge in [0.1, 0.15) is 13.2 Å². The summed E-state index contributed by atoms with van der Waals surface area (Å²) in [7, 11) is 0. The van der Waals surface area contributed by atoms with Crippen LogP contribution < -0.4 is 14.8 Å². The topological polar surface area (TPSA) is 30.5 Å². The normalized spacial score (nSPS) is 22.8. The van der Waals surface area contributed by atoms with E-state index in [1.165, 1.54) is 17.5 Å². The molecule has 2 heterocycles. The molecule has 17 heavy (non-hydrogen) atoms. The Kier molecular flexibility index (Phi) is 2.93. The van der Waals surface area contributed by atoms with Crippen LogP contribution in [0.15, 0.2) is 12.1 Å². The van der Waals surface area contributed by atoms with Crippen molar-refractivity contribution < 1.29 is 9.47 Å². The summed E-state index contributed by atoms with van der Waals surface area (Å²) in [6.45, 7) is 5.75. The number of ether oxygens (including phenoxy) is 2. The lowest BCUT2D eigenvalue weighted by Gasteiger charge is -2.24. The van der Waals surface area contributed by atoms with Gasteiger partial charge in [0.15, 0.2) is 11.5 Å². The lowest BCUT2D eigenvalue weighted by Crippen LogP contribution is -2.18. The zero-order chi connectivity index (χ0) is 11.7. The Bertz CT molecular complexity index is 411. The lowest BCUT2D eigenvalue weighted by molar-refractivity contribution is 0.169. The van der Waals surface area contributed by atoms with Gasteiger partial charge in [-0.3, -0.25) is 0 Å². The molecule has 2 aliphatic rings. The number of fused-ring (bicyclic) bond motifs is 1. The third-order valence-corrected chi connectivity index (χ3v) is 3.70. The van der Waals surface area contributed by atoms with Gasteiger partial charge in [0, 0.05) is 12.1 Å². The fourth-order valence-corrected chi connectivity index (χ4v) is 2.86. The van der Waals surface area contributed by atoms with Gasteiger partial charge >= 0.3 is 0 Å². The van der Waals surface area contributed by atoms with Crippen LogP contribution >= 0.6 is 0 Å². The van der Waals surface area contributed by atoms with Crippen LogP contribution in [0.5, 0.6) is 11.5 Å². The standard InChI is InChI=1S/C14H19NO2/c1-2-11-12(10-5-6-15-9-10)3-4-13-14(11)17-8-7-16-13/h3-4,10,15H,2,5-9H2,1H3. The highest BCUT2D eigenvalue weighted by atomic mass is 16.6. The van der Waals surface area contributed by atoms with Gasteiger partial charge in [-0.05, 0) is 36.9 Å². The molecule has 3 heteroatoms. The Hall–Kier alpha value is -1.22. The van der Waals surface area contributed by atoms with Crippen molar-refractivity contribution >= 4 is 0 Å². The van der Waals surface area contributed by atoms with E-state index in [-0.39, 0.29) is 0 Å². The van der Waals surface area contributed by atoms with Crippen molar-refractivity contribution in [2.45, 2.75) is 25.7 Å². The van der Waals surface area contributed by atoms with E-state index in [4.69, 9.17) is 9.47 Å². The smallest absolute Gasteiger partial charge is 0.164 e. The summed E-state index contributed by atoms with van der Waals surface area (Å²) in [6, 6.07) is 4.30. The first kappa shape index (κ1) is 10.9. The number of hydrogen-bond acceptors (Lipinski definition) is 3. The Labute approximate surface area is 102 Å². The van der Waals surface area contributed by atoms with Crippen LogP contribution in [0.4, 0.5) is 0 Å². The molecule has 0 saturated carbocycles. The molecule has 0 radical (unpaired) electrons. The minimum atomic E-state index is 0.640. The van der Waals surface area contributed by atoms with Crippen molar-refractivity contribution in [1.29, 1.82) is 0 Å². The van der Waals surface area contributed by atoms with Crippen LogP contribution in [0.25, 0.3) is 0 Å². The molecule has 1 aromatic rings. The Morgan fingerprint density at radius 1 is 1.29 bits per heavy atom. The van der Waals surface area contributed by atoms with Crippen molar-refractivity contribution in [3.63, 3.8) is 0 Å². The number of nitrogens with one attached hydrogen (secondary N) is 1. The van der Waals surface area contributed by atoms with Crippen molar-refractivity contribution in [2.24, 2.45) is 0 Å². The van der Waals surface area contributed by atoms with Gasteiger partial charge in [0.05, 0.1) is 0 Å². The van der Waals surface area contributed by atoms with Gasteiger partial charge in [0.2, 0.25) is 0 Å².